The van der Waals surface area contributed by atoms with Crippen molar-refractivity contribution >= 4 is 0 Å². The second-order valence-electron chi connectivity index (χ2n) is 8.35. The number of fused-ring (bicyclic) bond motifs is 1. The van der Waals surface area contributed by atoms with E-state index in [-0.39, 0.29) is 17.4 Å². The molecule has 1 N–H and O–H groups in total. The molecule has 0 radical (unpaired) electrons. The van der Waals surface area contributed by atoms with Crippen molar-refractivity contribution in [2.45, 2.75) is 44.4 Å². The Bertz CT molecular complexity index is 763. The average molecular weight is 322 g/mol. The largest absolute Gasteiger partial charge is 0.492 e. The van der Waals surface area contributed by atoms with Gasteiger partial charge in [0.2, 0.25) is 0 Å². The Morgan fingerprint density at radius 3 is 2.54 bits per heavy atom. The fraction of sp³-hybridized carbons (Fsp3) is 0.455. The Morgan fingerprint density at radius 1 is 1.12 bits per heavy atom. The van der Waals surface area contributed by atoms with E-state index in [1.807, 2.05) is 0 Å². The molecule has 1 aliphatic heterocycles. The number of rotatable bonds is 4. The normalized spacial score (nSPS) is 26.8. The molecule has 2 atom stereocenters. The molecule has 126 valence electrons. The van der Waals surface area contributed by atoms with Crippen molar-refractivity contribution in [1.82, 2.24) is 0 Å². The molecule has 0 amide bonds. The number of benzene rings is 2. The number of ether oxygens (including phenoxy) is 1. The van der Waals surface area contributed by atoms with Crippen LogP contribution in [0, 0.1) is 5.92 Å². The molecule has 1 fully saturated rings. The highest BCUT2D eigenvalue weighted by atomic mass is 16.5. The quantitative estimate of drug-likeness (QED) is 0.913. The monoisotopic (exact) mass is 322 g/mol. The van der Waals surface area contributed by atoms with E-state index >= 15 is 0 Å². The molecule has 0 spiro atoms. The average Bonchev–Trinajstić information content (AvgIpc) is 3.16. The summed E-state index contributed by atoms with van der Waals surface area (Å²) in [4.78, 5) is 0. The van der Waals surface area contributed by atoms with Gasteiger partial charge < -0.3 is 9.84 Å². The minimum absolute atomic E-state index is 0.0523. The molecule has 0 unspecified atom stereocenters. The molecule has 1 heterocycles. The zero-order valence-corrected chi connectivity index (χ0v) is 14.8. The van der Waals surface area contributed by atoms with E-state index in [1.54, 1.807) is 0 Å². The standard InChI is InChI=1S/C22H26O2/c1-21(2)14-24-20-16(9-15-7-5-4-6-8-15)10-17(11-19(20)21)22(3)12-18(22)13-23/h4-8,10-11,18,23H,9,12-14H2,1-3H3/t18-,22-/m1/s1. The summed E-state index contributed by atoms with van der Waals surface area (Å²) in [6.07, 6.45) is 1.97. The van der Waals surface area contributed by atoms with Gasteiger partial charge in [-0.15, -0.1) is 0 Å². The van der Waals surface area contributed by atoms with Crippen molar-refractivity contribution in [2.75, 3.05) is 13.2 Å². The first-order valence-electron chi connectivity index (χ1n) is 8.89. The highest BCUT2D eigenvalue weighted by Crippen LogP contribution is 2.55. The van der Waals surface area contributed by atoms with Gasteiger partial charge in [0.1, 0.15) is 5.75 Å². The van der Waals surface area contributed by atoms with Crippen LogP contribution in [0.4, 0.5) is 0 Å². The molecule has 2 nitrogen and oxygen atoms in total. The van der Waals surface area contributed by atoms with Gasteiger partial charge in [-0.2, -0.15) is 0 Å². The number of hydrogen-bond acceptors (Lipinski definition) is 2. The molecule has 1 saturated carbocycles. The molecule has 1 aliphatic carbocycles. The second-order valence-corrected chi connectivity index (χ2v) is 8.35. The molecule has 2 heteroatoms. The van der Waals surface area contributed by atoms with Crippen LogP contribution >= 0.6 is 0 Å². The van der Waals surface area contributed by atoms with Crippen LogP contribution in [0.15, 0.2) is 42.5 Å². The van der Waals surface area contributed by atoms with Crippen molar-refractivity contribution in [3.05, 3.63) is 64.7 Å². The summed E-state index contributed by atoms with van der Waals surface area (Å²) in [5.74, 6) is 1.47. The first-order valence-corrected chi connectivity index (χ1v) is 8.89. The predicted octanol–water partition coefficient (Wildman–Crippen LogP) is 4.22. The summed E-state index contributed by atoms with van der Waals surface area (Å²) in [5, 5.41) is 9.58. The van der Waals surface area contributed by atoms with Gasteiger partial charge in [-0.05, 0) is 34.4 Å². The van der Waals surface area contributed by atoms with Crippen LogP contribution < -0.4 is 4.74 Å². The van der Waals surface area contributed by atoms with Crippen LogP contribution in [-0.2, 0) is 17.3 Å². The summed E-state index contributed by atoms with van der Waals surface area (Å²) >= 11 is 0. The highest BCUT2D eigenvalue weighted by molar-refractivity contribution is 5.54. The first kappa shape index (κ1) is 15.7. The van der Waals surface area contributed by atoms with E-state index < -0.39 is 0 Å². The summed E-state index contributed by atoms with van der Waals surface area (Å²) in [7, 11) is 0. The third kappa shape index (κ3) is 2.44. The number of aliphatic hydroxyl groups excluding tert-OH is 1. The van der Waals surface area contributed by atoms with Crippen LogP contribution in [-0.4, -0.2) is 18.3 Å². The molecule has 0 saturated heterocycles. The van der Waals surface area contributed by atoms with E-state index in [1.165, 1.54) is 22.3 Å². The molecular weight excluding hydrogens is 296 g/mol. The Hall–Kier alpha value is -1.80. The zero-order chi connectivity index (χ0) is 16.9. The molecule has 24 heavy (non-hydrogen) atoms. The number of hydrogen-bond donors (Lipinski definition) is 1. The minimum Gasteiger partial charge on any atom is -0.492 e. The van der Waals surface area contributed by atoms with Crippen molar-refractivity contribution in [3.8, 4) is 5.75 Å². The molecule has 4 rings (SSSR count). The smallest absolute Gasteiger partial charge is 0.126 e. The van der Waals surface area contributed by atoms with Crippen LogP contribution in [0.25, 0.3) is 0 Å². The molecule has 2 aromatic carbocycles. The van der Waals surface area contributed by atoms with E-state index in [0.29, 0.717) is 5.92 Å². The fourth-order valence-electron chi connectivity index (χ4n) is 4.04. The lowest BCUT2D eigenvalue weighted by Crippen LogP contribution is -2.19. The van der Waals surface area contributed by atoms with Gasteiger partial charge in [-0.1, -0.05) is 63.2 Å². The van der Waals surface area contributed by atoms with Crippen LogP contribution in [0.2, 0.25) is 0 Å². The number of aliphatic hydroxyl groups is 1. The summed E-state index contributed by atoms with van der Waals surface area (Å²) in [5.41, 5.74) is 5.46. The first-order chi connectivity index (χ1) is 11.4. The lowest BCUT2D eigenvalue weighted by molar-refractivity contribution is 0.265. The van der Waals surface area contributed by atoms with Gasteiger partial charge in [0.25, 0.3) is 0 Å². The van der Waals surface area contributed by atoms with E-state index in [0.717, 1.165) is 25.2 Å². The van der Waals surface area contributed by atoms with Crippen molar-refractivity contribution in [1.29, 1.82) is 0 Å². The molecule has 2 aromatic rings. The van der Waals surface area contributed by atoms with E-state index in [4.69, 9.17) is 4.74 Å². The maximum atomic E-state index is 9.58. The highest BCUT2D eigenvalue weighted by Gasteiger charge is 2.51. The Balaban J connectivity index is 1.80. The lowest BCUT2D eigenvalue weighted by Gasteiger charge is -2.20. The van der Waals surface area contributed by atoms with Crippen LogP contribution in [0.3, 0.4) is 0 Å². The molecule has 0 bridgehead atoms. The Morgan fingerprint density at radius 2 is 1.88 bits per heavy atom. The maximum Gasteiger partial charge on any atom is 0.126 e. The van der Waals surface area contributed by atoms with Gasteiger partial charge in [0, 0.05) is 24.0 Å². The van der Waals surface area contributed by atoms with Gasteiger partial charge in [0.15, 0.2) is 0 Å². The van der Waals surface area contributed by atoms with Crippen molar-refractivity contribution in [3.63, 3.8) is 0 Å². The van der Waals surface area contributed by atoms with Gasteiger partial charge in [-0.25, -0.2) is 0 Å². The molecule has 0 aromatic heterocycles. The topological polar surface area (TPSA) is 29.5 Å². The van der Waals surface area contributed by atoms with Gasteiger partial charge in [0.05, 0.1) is 6.61 Å². The van der Waals surface area contributed by atoms with Gasteiger partial charge >= 0.3 is 0 Å². The lowest BCUT2D eigenvalue weighted by atomic mass is 9.81. The van der Waals surface area contributed by atoms with Crippen LogP contribution in [0.1, 0.15) is 49.4 Å². The Kier molecular flexibility index (Phi) is 3.50. The fourth-order valence-corrected chi connectivity index (χ4v) is 4.04. The van der Waals surface area contributed by atoms with Crippen molar-refractivity contribution in [2.24, 2.45) is 5.92 Å². The zero-order valence-electron chi connectivity index (χ0n) is 14.8. The summed E-state index contributed by atoms with van der Waals surface area (Å²) < 4.78 is 6.11. The molecule has 2 aliphatic rings. The van der Waals surface area contributed by atoms with Gasteiger partial charge in [-0.3, -0.25) is 0 Å². The predicted molar refractivity (Wildman–Crippen MR) is 96.8 cm³/mol. The summed E-state index contributed by atoms with van der Waals surface area (Å²) in [6, 6.07) is 15.3. The molecular formula is C22H26O2. The maximum absolute atomic E-state index is 9.58. The Labute approximate surface area is 144 Å². The van der Waals surface area contributed by atoms with Crippen LogP contribution in [0.5, 0.6) is 5.75 Å². The summed E-state index contributed by atoms with van der Waals surface area (Å²) in [6.45, 7) is 7.82. The minimum atomic E-state index is 0.0523. The third-order valence-electron chi connectivity index (χ3n) is 6.00. The second kappa shape index (κ2) is 5.35. The SMILES string of the molecule is CC1(C)COc2c(Cc3ccccc3)cc([C@@]3(C)C[C@@H]3CO)cc21. The van der Waals surface area contributed by atoms with Crippen molar-refractivity contribution < 1.29 is 9.84 Å². The third-order valence-corrected chi connectivity index (χ3v) is 6.00. The van der Waals surface area contributed by atoms with E-state index in [9.17, 15) is 5.11 Å². The van der Waals surface area contributed by atoms with E-state index in [2.05, 4.69) is 63.2 Å².